The van der Waals surface area contributed by atoms with Crippen molar-refractivity contribution < 1.29 is 0 Å². The maximum absolute atomic E-state index is 6.18. The van der Waals surface area contributed by atoms with Crippen molar-refractivity contribution >= 4 is 27.5 Å². The van der Waals surface area contributed by atoms with Gasteiger partial charge in [-0.15, -0.1) is 0 Å². The van der Waals surface area contributed by atoms with Gasteiger partial charge in [0, 0.05) is 36.2 Å². The van der Waals surface area contributed by atoms with E-state index in [9.17, 15) is 0 Å². The van der Waals surface area contributed by atoms with Crippen LogP contribution in [0.5, 0.6) is 0 Å². The second-order valence-corrected chi connectivity index (χ2v) is 7.56. The summed E-state index contributed by atoms with van der Waals surface area (Å²) in [4.78, 5) is 5.18. The van der Waals surface area contributed by atoms with Crippen LogP contribution in [0, 0.1) is 0 Å². The van der Waals surface area contributed by atoms with Crippen molar-refractivity contribution in [2.45, 2.75) is 37.9 Å². The number of nitrogens with two attached hydrogens (primary N) is 1. The highest BCUT2D eigenvalue weighted by atomic mass is 79.9. The first-order valence-electron chi connectivity index (χ1n) is 7.78. The summed E-state index contributed by atoms with van der Waals surface area (Å²) < 4.78 is 0.969. The lowest BCUT2D eigenvalue weighted by atomic mass is 10.0. The first-order chi connectivity index (χ1) is 10.1. The van der Waals surface area contributed by atoms with Gasteiger partial charge in [-0.25, -0.2) is 0 Å². The van der Waals surface area contributed by atoms with E-state index in [4.69, 9.17) is 17.3 Å². The molecule has 2 aliphatic rings. The van der Waals surface area contributed by atoms with E-state index in [2.05, 4.69) is 37.9 Å². The minimum atomic E-state index is 0.420. The van der Waals surface area contributed by atoms with Gasteiger partial charge in [0.25, 0.3) is 0 Å². The molecule has 116 valence electrons. The summed E-state index contributed by atoms with van der Waals surface area (Å²) in [5.41, 5.74) is 7.29. The van der Waals surface area contributed by atoms with Crippen LogP contribution in [0.3, 0.4) is 0 Å². The molecule has 2 saturated heterocycles. The number of benzene rings is 1. The van der Waals surface area contributed by atoms with Crippen molar-refractivity contribution in [1.29, 1.82) is 0 Å². The molecule has 0 spiro atoms. The van der Waals surface area contributed by atoms with Crippen LogP contribution in [0.2, 0.25) is 5.02 Å². The molecule has 2 aliphatic heterocycles. The van der Waals surface area contributed by atoms with Crippen LogP contribution in [0.25, 0.3) is 0 Å². The van der Waals surface area contributed by atoms with Gasteiger partial charge in [-0.05, 0) is 66.0 Å². The van der Waals surface area contributed by atoms with Crippen molar-refractivity contribution in [2.75, 3.05) is 26.2 Å². The van der Waals surface area contributed by atoms with E-state index in [1.165, 1.54) is 38.2 Å². The molecule has 5 heteroatoms. The summed E-state index contributed by atoms with van der Waals surface area (Å²) in [6, 6.07) is 7.39. The molecule has 0 radical (unpaired) electrons. The molecule has 0 saturated carbocycles. The smallest absolute Gasteiger partial charge is 0.0551 e. The van der Waals surface area contributed by atoms with Crippen LogP contribution in [-0.4, -0.2) is 48.1 Å². The number of hydrogen-bond donors (Lipinski definition) is 1. The third-order valence-corrected chi connectivity index (χ3v) is 5.96. The number of piperidine rings is 1. The van der Waals surface area contributed by atoms with Gasteiger partial charge in [0.2, 0.25) is 0 Å². The summed E-state index contributed by atoms with van der Waals surface area (Å²) in [6.45, 7) is 5.69. The van der Waals surface area contributed by atoms with Crippen LogP contribution < -0.4 is 5.73 Å². The van der Waals surface area contributed by atoms with Crippen molar-refractivity contribution in [1.82, 2.24) is 9.80 Å². The highest BCUT2D eigenvalue weighted by Gasteiger charge is 2.29. The van der Waals surface area contributed by atoms with Gasteiger partial charge in [-0.2, -0.15) is 0 Å². The molecule has 1 aromatic carbocycles. The average Bonchev–Trinajstić information content (AvgIpc) is 2.92. The Labute approximate surface area is 140 Å². The molecule has 1 atom stereocenters. The molecule has 0 amide bonds. The molecule has 3 nitrogen and oxygen atoms in total. The molecule has 0 aromatic heterocycles. The molecule has 21 heavy (non-hydrogen) atoms. The van der Waals surface area contributed by atoms with E-state index >= 15 is 0 Å². The SMILES string of the molecule is NC1CCN(C2CCN(Cc3ccc(Br)c(Cl)c3)C2)CC1. The summed E-state index contributed by atoms with van der Waals surface area (Å²) in [7, 11) is 0. The van der Waals surface area contributed by atoms with Crippen LogP contribution in [0.1, 0.15) is 24.8 Å². The zero-order chi connectivity index (χ0) is 14.8. The second kappa shape index (κ2) is 6.97. The Kier molecular flexibility index (Phi) is 5.23. The maximum Gasteiger partial charge on any atom is 0.0551 e. The van der Waals surface area contributed by atoms with Crippen LogP contribution >= 0.6 is 27.5 Å². The fourth-order valence-electron chi connectivity index (χ4n) is 3.43. The van der Waals surface area contributed by atoms with Crippen LogP contribution in [-0.2, 0) is 6.54 Å². The van der Waals surface area contributed by atoms with Crippen molar-refractivity contribution in [3.05, 3.63) is 33.3 Å². The predicted octanol–water partition coefficient (Wildman–Crippen LogP) is 3.10. The largest absolute Gasteiger partial charge is 0.328 e. The van der Waals surface area contributed by atoms with E-state index in [0.29, 0.717) is 12.1 Å². The summed E-state index contributed by atoms with van der Waals surface area (Å²) in [5.74, 6) is 0. The second-order valence-electron chi connectivity index (χ2n) is 6.30. The van der Waals surface area contributed by atoms with Crippen molar-refractivity contribution in [3.8, 4) is 0 Å². The van der Waals surface area contributed by atoms with Crippen molar-refractivity contribution in [2.24, 2.45) is 5.73 Å². The first-order valence-corrected chi connectivity index (χ1v) is 8.95. The third-order valence-electron chi connectivity index (χ3n) is 4.73. The van der Waals surface area contributed by atoms with Gasteiger partial charge in [0.15, 0.2) is 0 Å². The van der Waals surface area contributed by atoms with E-state index in [-0.39, 0.29) is 0 Å². The molecule has 3 rings (SSSR count). The fourth-order valence-corrected chi connectivity index (χ4v) is 3.88. The monoisotopic (exact) mass is 371 g/mol. The lowest BCUT2D eigenvalue weighted by molar-refractivity contribution is 0.151. The molecule has 2 N–H and O–H groups in total. The van der Waals surface area contributed by atoms with Gasteiger partial charge in [0.05, 0.1) is 5.02 Å². The van der Waals surface area contributed by atoms with Gasteiger partial charge >= 0.3 is 0 Å². The highest BCUT2D eigenvalue weighted by Crippen LogP contribution is 2.25. The van der Waals surface area contributed by atoms with Crippen LogP contribution in [0.15, 0.2) is 22.7 Å². The van der Waals surface area contributed by atoms with E-state index < -0.39 is 0 Å². The normalized spacial score (nSPS) is 25.6. The summed E-state index contributed by atoms with van der Waals surface area (Å²) in [6.07, 6.45) is 3.58. The van der Waals surface area contributed by atoms with Gasteiger partial charge < -0.3 is 5.73 Å². The fraction of sp³-hybridized carbons (Fsp3) is 0.625. The number of halogens is 2. The molecule has 0 aliphatic carbocycles. The molecule has 2 heterocycles. The van der Waals surface area contributed by atoms with E-state index in [0.717, 1.165) is 28.9 Å². The Hall–Kier alpha value is -0.130. The van der Waals surface area contributed by atoms with E-state index in [1.807, 2.05) is 6.07 Å². The topological polar surface area (TPSA) is 32.5 Å². The summed E-state index contributed by atoms with van der Waals surface area (Å²) >= 11 is 9.62. The number of likely N-dealkylation sites (tertiary alicyclic amines) is 2. The van der Waals surface area contributed by atoms with Gasteiger partial charge in [0.1, 0.15) is 0 Å². The molecule has 1 aromatic rings. The third kappa shape index (κ3) is 3.99. The summed E-state index contributed by atoms with van der Waals surface area (Å²) in [5, 5.41) is 0.799. The number of rotatable bonds is 3. The average molecular weight is 373 g/mol. The Morgan fingerprint density at radius 3 is 2.67 bits per heavy atom. The number of nitrogens with zero attached hydrogens (tertiary/aromatic N) is 2. The van der Waals surface area contributed by atoms with Crippen molar-refractivity contribution in [3.63, 3.8) is 0 Å². The standard InChI is InChI=1S/C16H23BrClN3/c17-15-2-1-12(9-16(15)18)10-20-6-5-14(11-20)21-7-3-13(19)4-8-21/h1-2,9,13-14H,3-8,10-11,19H2. The molecular weight excluding hydrogens is 350 g/mol. The zero-order valence-electron chi connectivity index (χ0n) is 12.3. The van der Waals surface area contributed by atoms with Gasteiger partial charge in [-0.3, -0.25) is 9.80 Å². The minimum absolute atomic E-state index is 0.420. The Bertz CT molecular complexity index is 488. The lowest BCUT2D eigenvalue weighted by Gasteiger charge is -2.34. The Morgan fingerprint density at radius 2 is 1.95 bits per heavy atom. The molecule has 2 fully saturated rings. The maximum atomic E-state index is 6.18. The Morgan fingerprint density at radius 1 is 1.19 bits per heavy atom. The highest BCUT2D eigenvalue weighted by molar-refractivity contribution is 9.10. The van der Waals surface area contributed by atoms with E-state index in [1.54, 1.807) is 0 Å². The minimum Gasteiger partial charge on any atom is -0.328 e. The number of hydrogen-bond acceptors (Lipinski definition) is 3. The zero-order valence-corrected chi connectivity index (χ0v) is 14.6. The lowest BCUT2D eigenvalue weighted by Crippen LogP contribution is -2.46. The van der Waals surface area contributed by atoms with Gasteiger partial charge in [-0.1, -0.05) is 17.7 Å². The van der Waals surface area contributed by atoms with Crippen LogP contribution in [0.4, 0.5) is 0 Å². The molecule has 0 bridgehead atoms. The first kappa shape index (κ1) is 15.8. The Balaban J connectivity index is 1.53. The molecular formula is C16H23BrClN3. The predicted molar refractivity (Wildman–Crippen MR) is 91.6 cm³/mol. The molecule has 1 unspecified atom stereocenters. The quantitative estimate of drug-likeness (QED) is 0.885.